The van der Waals surface area contributed by atoms with Crippen LogP contribution in [0.3, 0.4) is 0 Å². The van der Waals surface area contributed by atoms with Crippen LogP contribution in [-0.4, -0.2) is 50.5 Å². The van der Waals surface area contributed by atoms with E-state index >= 15 is 0 Å². The average molecular weight is 383 g/mol. The van der Waals surface area contributed by atoms with Crippen LogP contribution in [0.2, 0.25) is 0 Å². The van der Waals surface area contributed by atoms with Crippen molar-refractivity contribution in [3.05, 3.63) is 53.3 Å². The summed E-state index contributed by atoms with van der Waals surface area (Å²) in [6, 6.07) is 11.9. The van der Waals surface area contributed by atoms with Crippen LogP contribution >= 0.6 is 0 Å². The quantitative estimate of drug-likeness (QED) is 0.798. The van der Waals surface area contributed by atoms with Crippen LogP contribution in [0.25, 0.3) is 0 Å². The molecule has 1 aromatic carbocycles. The van der Waals surface area contributed by atoms with E-state index < -0.39 is 0 Å². The summed E-state index contributed by atoms with van der Waals surface area (Å²) in [5.41, 5.74) is 2.61. The Morgan fingerprint density at radius 2 is 1.96 bits per heavy atom. The van der Waals surface area contributed by atoms with Gasteiger partial charge < -0.3 is 9.80 Å². The highest BCUT2D eigenvalue weighted by Crippen LogP contribution is 2.21. The van der Waals surface area contributed by atoms with Gasteiger partial charge in [-0.05, 0) is 24.0 Å². The van der Waals surface area contributed by atoms with Crippen LogP contribution in [0.15, 0.2) is 36.4 Å². The van der Waals surface area contributed by atoms with Crippen molar-refractivity contribution >= 4 is 11.8 Å². The largest absolute Gasteiger partial charge is 0.335 e. The number of aromatic nitrogens is 2. The SMILES string of the molecule is CC[C@@H]1CN(C(=O)c2cc(C(C)C)nn2C)CCC(=O)N1Cc1ccccc1. The molecule has 6 nitrogen and oxygen atoms in total. The molecule has 28 heavy (non-hydrogen) atoms. The first-order valence-corrected chi connectivity index (χ1v) is 10.1. The molecule has 2 amide bonds. The lowest BCUT2D eigenvalue weighted by Crippen LogP contribution is -2.44. The summed E-state index contributed by atoms with van der Waals surface area (Å²) in [5.74, 6) is 0.330. The summed E-state index contributed by atoms with van der Waals surface area (Å²) in [6.45, 7) is 7.79. The van der Waals surface area contributed by atoms with E-state index in [0.717, 1.165) is 17.7 Å². The molecule has 2 heterocycles. The van der Waals surface area contributed by atoms with Gasteiger partial charge in [0.25, 0.3) is 5.91 Å². The molecule has 0 bridgehead atoms. The summed E-state index contributed by atoms with van der Waals surface area (Å²) in [4.78, 5) is 29.8. The predicted octanol–water partition coefficient (Wildman–Crippen LogP) is 3.20. The van der Waals surface area contributed by atoms with E-state index in [1.165, 1.54) is 0 Å². The molecule has 0 aliphatic carbocycles. The van der Waals surface area contributed by atoms with E-state index in [1.807, 2.05) is 46.2 Å². The zero-order valence-corrected chi connectivity index (χ0v) is 17.3. The van der Waals surface area contributed by atoms with Crippen LogP contribution in [0.5, 0.6) is 0 Å². The summed E-state index contributed by atoms with van der Waals surface area (Å²) >= 11 is 0. The molecule has 0 unspecified atom stereocenters. The molecule has 0 radical (unpaired) electrons. The molecule has 1 aliphatic rings. The van der Waals surface area contributed by atoms with E-state index in [0.29, 0.717) is 31.7 Å². The van der Waals surface area contributed by atoms with E-state index in [2.05, 4.69) is 25.9 Å². The van der Waals surface area contributed by atoms with Gasteiger partial charge in [0.15, 0.2) is 0 Å². The van der Waals surface area contributed by atoms with Crippen LogP contribution in [0, 0.1) is 0 Å². The van der Waals surface area contributed by atoms with Gasteiger partial charge in [0.05, 0.1) is 5.69 Å². The van der Waals surface area contributed by atoms with Crippen LogP contribution in [0.4, 0.5) is 0 Å². The zero-order chi connectivity index (χ0) is 20.3. The Morgan fingerprint density at radius 1 is 1.25 bits per heavy atom. The molecule has 0 saturated carbocycles. The number of nitrogens with zero attached hydrogens (tertiary/aromatic N) is 4. The maximum absolute atomic E-state index is 13.2. The van der Waals surface area contributed by atoms with Crippen molar-refractivity contribution in [1.29, 1.82) is 0 Å². The third kappa shape index (κ3) is 4.26. The Balaban J connectivity index is 1.80. The van der Waals surface area contributed by atoms with Gasteiger partial charge in [0.2, 0.25) is 5.91 Å². The standard InChI is InChI=1S/C22H30N4O2/c1-5-18-15-25(22(28)20-13-19(16(2)3)23-24(20)4)12-11-21(27)26(18)14-17-9-7-6-8-10-17/h6-10,13,16,18H,5,11-12,14-15H2,1-4H3/t18-/m1/s1. The lowest BCUT2D eigenvalue weighted by Gasteiger charge is -2.31. The van der Waals surface area contributed by atoms with Crippen molar-refractivity contribution in [3.63, 3.8) is 0 Å². The van der Waals surface area contributed by atoms with Crippen molar-refractivity contribution in [2.45, 2.75) is 52.1 Å². The number of rotatable bonds is 5. The molecule has 3 rings (SSSR count). The molecule has 0 spiro atoms. The molecule has 1 aromatic heterocycles. The second-order valence-corrected chi connectivity index (χ2v) is 7.80. The molecule has 0 N–H and O–H groups in total. The second kappa shape index (κ2) is 8.59. The topological polar surface area (TPSA) is 58.4 Å². The fourth-order valence-electron chi connectivity index (χ4n) is 3.69. The van der Waals surface area contributed by atoms with Crippen LogP contribution < -0.4 is 0 Å². The fraction of sp³-hybridized carbons (Fsp3) is 0.500. The summed E-state index contributed by atoms with van der Waals surface area (Å²) in [5, 5.41) is 4.47. The minimum absolute atomic E-state index is 0.0111. The smallest absolute Gasteiger partial charge is 0.272 e. The molecule has 2 aromatic rings. The zero-order valence-electron chi connectivity index (χ0n) is 17.3. The third-order valence-corrected chi connectivity index (χ3v) is 5.45. The molecular formula is C22H30N4O2. The van der Waals surface area contributed by atoms with Crippen LogP contribution in [-0.2, 0) is 18.4 Å². The maximum atomic E-state index is 13.2. The molecule has 1 aliphatic heterocycles. The highest BCUT2D eigenvalue weighted by Gasteiger charge is 2.32. The van der Waals surface area contributed by atoms with E-state index in [9.17, 15) is 9.59 Å². The minimum Gasteiger partial charge on any atom is -0.335 e. The minimum atomic E-state index is -0.0466. The molecule has 6 heteroatoms. The molecule has 1 saturated heterocycles. The van der Waals surface area contributed by atoms with Crippen molar-refractivity contribution < 1.29 is 9.59 Å². The molecule has 150 valence electrons. The van der Waals surface area contributed by atoms with Gasteiger partial charge in [-0.15, -0.1) is 0 Å². The number of hydrogen-bond acceptors (Lipinski definition) is 3. The molecule has 1 atom stereocenters. The van der Waals surface area contributed by atoms with Gasteiger partial charge in [0.1, 0.15) is 5.69 Å². The number of carbonyl (C=O) groups excluding carboxylic acids is 2. The number of hydrogen-bond donors (Lipinski definition) is 0. The normalized spacial score (nSPS) is 17.9. The first-order valence-electron chi connectivity index (χ1n) is 10.1. The second-order valence-electron chi connectivity index (χ2n) is 7.80. The lowest BCUT2D eigenvalue weighted by atomic mass is 10.1. The van der Waals surface area contributed by atoms with E-state index in [-0.39, 0.29) is 23.8 Å². The fourth-order valence-corrected chi connectivity index (χ4v) is 3.69. The van der Waals surface area contributed by atoms with E-state index in [1.54, 1.807) is 11.7 Å². The summed E-state index contributed by atoms with van der Waals surface area (Å²) in [7, 11) is 1.81. The highest BCUT2D eigenvalue weighted by molar-refractivity contribution is 5.93. The van der Waals surface area contributed by atoms with Gasteiger partial charge >= 0.3 is 0 Å². The monoisotopic (exact) mass is 382 g/mol. The van der Waals surface area contributed by atoms with Crippen molar-refractivity contribution in [2.75, 3.05) is 13.1 Å². The summed E-state index contributed by atoms with van der Waals surface area (Å²) in [6.07, 6.45) is 1.16. The lowest BCUT2D eigenvalue weighted by molar-refractivity contribution is -0.133. The first kappa shape index (κ1) is 20.1. The number of amides is 2. The van der Waals surface area contributed by atoms with Crippen LogP contribution in [0.1, 0.15) is 61.3 Å². The van der Waals surface area contributed by atoms with Gasteiger partial charge in [-0.1, -0.05) is 51.1 Å². The van der Waals surface area contributed by atoms with Gasteiger partial charge in [-0.25, -0.2) is 0 Å². The van der Waals surface area contributed by atoms with Gasteiger partial charge in [-0.3, -0.25) is 14.3 Å². The first-order chi connectivity index (χ1) is 13.4. The van der Waals surface area contributed by atoms with Crippen molar-refractivity contribution in [1.82, 2.24) is 19.6 Å². The average Bonchev–Trinajstić information content (AvgIpc) is 3.01. The Morgan fingerprint density at radius 3 is 2.57 bits per heavy atom. The predicted molar refractivity (Wildman–Crippen MR) is 109 cm³/mol. The summed E-state index contributed by atoms with van der Waals surface area (Å²) < 4.78 is 1.66. The number of aryl methyl sites for hydroxylation is 1. The van der Waals surface area contributed by atoms with Gasteiger partial charge in [-0.2, -0.15) is 5.10 Å². The Bertz CT molecular complexity index is 828. The Labute approximate surface area is 167 Å². The van der Waals surface area contributed by atoms with Gasteiger partial charge in [0, 0.05) is 39.1 Å². The molecule has 1 fully saturated rings. The maximum Gasteiger partial charge on any atom is 0.272 e. The Kier molecular flexibility index (Phi) is 6.17. The van der Waals surface area contributed by atoms with E-state index in [4.69, 9.17) is 0 Å². The highest BCUT2D eigenvalue weighted by atomic mass is 16.2. The number of benzene rings is 1. The molecular weight excluding hydrogens is 352 g/mol. The van der Waals surface area contributed by atoms with Crippen molar-refractivity contribution in [2.24, 2.45) is 7.05 Å². The van der Waals surface area contributed by atoms with Crippen molar-refractivity contribution in [3.8, 4) is 0 Å². The number of carbonyl (C=O) groups is 2. The Hall–Kier alpha value is -2.63. The third-order valence-electron chi connectivity index (χ3n) is 5.45.